The van der Waals surface area contributed by atoms with Crippen LogP contribution in [-0.2, 0) is 13.6 Å². The number of thiazole rings is 1. The van der Waals surface area contributed by atoms with Crippen LogP contribution in [0.4, 0.5) is 0 Å². The zero-order chi connectivity index (χ0) is 21.5. The molecular formula is C22H21N5O3S. The van der Waals surface area contributed by atoms with Gasteiger partial charge >= 0.3 is 0 Å². The van der Waals surface area contributed by atoms with Crippen molar-refractivity contribution in [2.45, 2.75) is 6.54 Å². The molecular weight excluding hydrogens is 414 g/mol. The summed E-state index contributed by atoms with van der Waals surface area (Å²) in [6, 6.07) is 10.5. The van der Waals surface area contributed by atoms with Crippen LogP contribution in [0.5, 0.6) is 0 Å². The molecule has 4 heterocycles. The zero-order valence-electron chi connectivity index (χ0n) is 17.0. The number of aromatic nitrogens is 3. The van der Waals surface area contributed by atoms with Gasteiger partial charge in [-0.15, -0.1) is 11.3 Å². The maximum absolute atomic E-state index is 13.2. The molecule has 1 fully saturated rings. The first-order chi connectivity index (χ1) is 15.0. The van der Waals surface area contributed by atoms with Gasteiger partial charge in [-0.2, -0.15) is 0 Å². The monoisotopic (exact) mass is 435 g/mol. The van der Waals surface area contributed by atoms with Gasteiger partial charge in [0, 0.05) is 68.9 Å². The Morgan fingerprint density at radius 2 is 1.84 bits per heavy atom. The average Bonchev–Trinajstić information content (AvgIpc) is 3.26. The predicted molar refractivity (Wildman–Crippen MR) is 120 cm³/mol. The van der Waals surface area contributed by atoms with E-state index < -0.39 is 0 Å². The van der Waals surface area contributed by atoms with Crippen molar-refractivity contribution in [1.82, 2.24) is 23.8 Å². The van der Waals surface area contributed by atoms with E-state index in [0.29, 0.717) is 43.2 Å². The van der Waals surface area contributed by atoms with Crippen LogP contribution in [0, 0.1) is 0 Å². The quantitative estimate of drug-likeness (QED) is 0.488. The number of benzene rings is 1. The number of carbonyl (C=O) groups is 1. The van der Waals surface area contributed by atoms with E-state index in [1.165, 1.54) is 17.4 Å². The Morgan fingerprint density at radius 3 is 2.65 bits per heavy atom. The third-order valence-electron chi connectivity index (χ3n) is 5.79. The van der Waals surface area contributed by atoms with Crippen molar-refractivity contribution in [2.75, 3.05) is 26.2 Å². The van der Waals surface area contributed by atoms with Crippen molar-refractivity contribution in [1.29, 1.82) is 0 Å². The molecule has 31 heavy (non-hydrogen) atoms. The Labute approximate surface area is 181 Å². The second-order valence-electron chi connectivity index (χ2n) is 7.68. The van der Waals surface area contributed by atoms with Crippen molar-refractivity contribution < 1.29 is 4.79 Å². The van der Waals surface area contributed by atoms with Gasteiger partial charge in [0.25, 0.3) is 17.0 Å². The summed E-state index contributed by atoms with van der Waals surface area (Å²) in [4.78, 5) is 47.0. The number of rotatable bonds is 3. The molecule has 0 unspecified atom stereocenters. The van der Waals surface area contributed by atoms with E-state index >= 15 is 0 Å². The molecule has 0 aliphatic carbocycles. The fourth-order valence-corrected chi connectivity index (χ4v) is 4.80. The van der Waals surface area contributed by atoms with Crippen molar-refractivity contribution in [3.05, 3.63) is 79.9 Å². The van der Waals surface area contributed by atoms with Gasteiger partial charge in [-0.1, -0.05) is 18.2 Å². The molecule has 1 saturated heterocycles. The summed E-state index contributed by atoms with van der Waals surface area (Å²) >= 11 is 1.44. The van der Waals surface area contributed by atoms with Crippen molar-refractivity contribution >= 4 is 33.1 Å². The first-order valence-electron chi connectivity index (χ1n) is 10.1. The number of piperazine rings is 1. The summed E-state index contributed by atoms with van der Waals surface area (Å²) in [6.07, 6.45) is 1.73. The van der Waals surface area contributed by atoms with E-state index in [9.17, 15) is 14.4 Å². The highest BCUT2D eigenvalue weighted by Crippen LogP contribution is 2.19. The topological polar surface area (TPSA) is 79.9 Å². The van der Waals surface area contributed by atoms with Crippen LogP contribution >= 0.6 is 11.3 Å². The molecule has 5 rings (SSSR count). The smallest absolute Gasteiger partial charge is 0.258 e. The molecule has 0 spiro atoms. The third kappa shape index (κ3) is 3.55. The molecule has 8 nitrogen and oxygen atoms in total. The van der Waals surface area contributed by atoms with Crippen molar-refractivity contribution in [3.8, 4) is 0 Å². The highest BCUT2D eigenvalue weighted by molar-refractivity contribution is 7.15. The SMILES string of the molecule is Cn1c(=O)cc(C(=O)N2CCN(Cc3cc(=O)n4ccsc4n3)CC2)c2ccccc21. The summed E-state index contributed by atoms with van der Waals surface area (Å²) in [5, 5.41) is 2.63. The Bertz CT molecular complexity index is 1410. The van der Waals surface area contributed by atoms with Crippen LogP contribution < -0.4 is 11.1 Å². The largest absolute Gasteiger partial charge is 0.336 e. The van der Waals surface area contributed by atoms with Crippen LogP contribution in [0.1, 0.15) is 16.1 Å². The Morgan fingerprint density at radius 1 is 1.06 bits per heavy atom. The number of amides is 1. The molecule has 1 aliphatic heterocycles. The second-order valence-corrected chi connectivity index (χ2v) is 8.56. The number of aryl methyl sites for hydroxylation is 1. The van der Waals surface area contributed by atoms with Gasteiger partial charge in [-0.25, -0.2) is 4.98 Å². The molecule has 158 valence electrons. The third-order valence-corrected chi connectivity index (χ3v) is 6.54. The minimum absolute atomic E-state index is 0.0763. The predicted octanol–water partition coefficient (Wildman–Crippen LogP) is 1.57. The minimum Gasteiger partial charge on any atom is -0.336 e. The van der Waals surface area contributed by atoms with Gasteiger partial charge in [0.05, 0.1) is 16.8 Å². The van der Waals surface area contributed by atoms with Gasteiger partial charge in [-0.05, 0) is 6.07 Å². The summed E-state index contributed by atoms with van der Waals surface area (Å²) in [5.74, 6) is -0.120. The molecule has 9 heteroatoms. The van der Waals surface area contributed by atoms with Crippen LogP contribution in [-0.4, -0.2) is 55.8 Å². The normalized spacial score (nSPS) is 15.1. The van der Waals surface area contributed by atoms with Gasteiger partial charge in [0.2, 0.25) is 0 Å². The van der Waals surface area contributed by atoms with Gasteiger partial charge < -0.3 is 9.47 Å². The van der Waals surface area contributed by atoms with E-state index in [4.69, 9.17) is 0 Å². The molecule has 0 bridgehead atoms. The Hall–Kier alpha value is -3.30. The maximum atomic E-state index is 13.2. The summed E-state index contributed by atoms with van der Waals surface area (Å²) < 4.78 is 3.10. The lowest BCUT2D eigenvalue weighted by Gasteiger charge is -2.34. The summed E-state index contributed by atoms with van der Waals surface area (Å²) in [7, 11) is 1.71. The Kier molecular flexibility index (Phi) is 4.91. The minimum atomic E-state index is -0.193. The second kappa shape index (κ2) is 7.75. The van der Waals surface area contributed by atoms with Crippen LogP contribution in [0.2, 0.25) is 0 Å². The van der Waals surface area contributed by atoms with E-state index in [2.05, 4.69) is 9.88 Å². The first-order valence-corrected chi connectivity index (χ1v) is 11.0. The highest BCUT2D eigenvalue weighted by Gasteiger charge is 2.24. The number of hydrogen-bond acceptors (Lipinski definition) is 6. The fourth-order valence-electron chi connectivity index (χ4n) is 4.06. The molecule has 1 aliphatic rings. The van der Waals surface area contributed by atoms with E-state index in [-0.39, 0.29) is 17.0 Å². The van der Waals surface area contributed by atoms with Gasteiger partial charge in [0.15, 0.2) is 4.96 Å². The van der Waals surface area contributed by atoms with E-state index in [1.54, 1.807) is 33.2 Å². The van der Waals surface area contributed by atoms with Gasteiger partial charge in [-0.3, -0.25) is 23.7 Å². The number of nitrogens with zero attached hydrogens (tertiary/aromatic N) is 5. The molecule has 0 radical (unpaired) electrons. The van der Waals surface area contributed by atoms with Crippen LogP contribution in [0.15, 0.2) is 57.6 Å². The summed E-state index contributed by atoms with van der Waals surface area (Å²) in [5.41, 5.74) is 1.67. The Balaban J connectivity index is 1.32. The maximum Gasteiger partial charge on any atom is 0.258 e. The summed E-state index contributed by atoms with van der Waals surface area (Å²) in [6.45, 7) is 3.05. The lowest BCUT2D eigenvalue weighted by molar-refractivity contribution is 0.0629. The molecule has 0 N–H and O–H groups in total. The lowest BCUT2D eigenvalue weighted by Crippen LogP contribution is -2.48. The number of pyridine rings is 1. The highest BCUT2D eigenvalue weighted by atomic mass is 32.1. The van der Waals surface area contributed by atoms with Crippen LogP contribution in [0.3, 0.4) is 0 Å². The fraction of sp³-hybridized carbons (Fsp3) is 0.273. The van der Waals surface area contributed by atoms with E-state index in [0.717, 1.165) is 16.6 Å². The van der Waals surface area contributed by atoms with Crippen molar-refractivity contribution in [2.24, 2.45) is 7.05 Å². The number of hydrogen-bond donors (Lipinski definition) is 0. The average molecular weight is 436 g/mol. The molecule has 0 saturated carbocycles. The zero-order valence-corrected chi connectivity index (χ0v) is 17.8. The molecule has 1 aromatic carbocycles. The first kappa shape index (κ1) is 19.7. The molecule has 0 atom stereocenters. The molecule has 4 aromatic rings. The van der Waals surface area contributed by atoms with Crippen molar-refractivity contribution in [3.63, 3.8) is 0 Å². The molecule has 3 aromatic heterocycles. The number of carbonyl (C=O) groups excluding carboxylic acids is 1. The molecule has 1 amide bonds. The number of fused-ring (bicyclic) bond motifs is 2. The van der Waals surface area contributed by atoms with Gasteiger partial charge in [0.1, 0.15) is 0 Å². The standard InChI is InChI=1S/C22H21N5O3S/c1-24-18-5-3-2-4-16(18)17(13-19(24)28)21(30)26-8-6-25(7-9-26)14-15-12-20(29)27-10-11-31-22(27)23-15/h2-5,10-13H,6-9,14H2,1H3. The van der Waals surface area contributed by atoms with E-state index in [1.807, 2.05) is 29.6 Å². The lowest BCUT2D eigenvalue weighted by atomic mass is 10.1. The number of para-hydroxylation sites is 1. The van der Waals surface area contributed by atoms with Crippen LogP contribution in [0.25, 0.3) is 15.9 Å².